The third kappa shape index (κ3) is 3.94. The number of nitrogens with one attached hydrogen (secondary N) is 1. The van der Waals surface area contributed by atoms with E-state index in [1.165, 1.54) is 16.8 Å². The van der Waals surface area contributed by atoms with E-state index in [4.69, 9.17) is 4.52 Å². The van der Waals surface area contributed by atoms with Crippen LogP contribution in [0.25, 0.3) is 11.8 Å². The molecule has 0 saturated carbocycles. The standard InChI is InChI=1S/C16H18FN7O/c1-10(18-3)8-15-19-16(25-21-15)14(24-11(2)20-22-23-24)9-12-4-6-13(17)7-5-12/h4-7,9-10,18H,8H2,1-3H3/b14-9-. The van der Waals surface area contributed by atoms with Gasteiger partial charge < -0.3 is 9.84 Å². The van der Waals surface area contributed by atoms with Crippen molar-refractivity contribution in [2.45, 2.75) is 26.3 Å². The molecule has 8 nitrogen and oxygen atoms in total. The van der Waals surface area contributed by atoms with E-state index in [1.54, 1.807) is 25.1 Å². The molecule has 25 heavy (non-hydrogen) atoms. The monoisotopic (exact) mass is 343 g/mol. The first-order valence-electron chi connectivity index (χ1n) is 7.79. The van der Waals surface area contributed by atoms with Gasteiger partial charge in [0.15, 0.2) is 11.6 Å². The molecule has 1 N–H and O–H groups in total. The second-order valence-corrected chi connectivity index (χ2v) is 5.63. The normalized spacial score (nSPS) is 13.2. The first-order chi connectivity index (χ1) is 12.1. The molecule has 0 amide bonds. The molecule has 0 bridgehead atoms. The maximum atomic E-state index is 13.1. The van der Waals surface area contributed by atoms with E-state index in [2.05, 4.69) is 31.0 Å². The molecule has 0 spiro atoms. The highest BCUT2D eigenvalue weighted by molar-refractivity contribution is 5.77. The molecule has 1 unspecified atom stereocenters. The molecule has 9 heteroatoms. The molecule has 0 saturated heterocycles. The maximum Gasteiger partial charge on any atom is 0.276 e. The summed E-state index contributed by atoms with van der Waals surface area (Å²) in [6, 6.07) is 6.27. The first kappa shape index (κ1) is 16.9. The van der Waals surface area contributed by atoms with Crippen molar-refractivity contribution in [1.82, 2.24) is 35.7 Å². The molecule has 0 aliphatic heterocycles. The Bertz CT molecular complexity index is 869. The van der Waals surface area contributed by atoms with Crippen LogP contribution in [-0.2, 0) is 6.42 Å². The van der Waals surface area contributed by atoms with Crippen LogP contribution in [0.2, 0.25) is 0 Å². The molecule has 1 atom stereocenters. The molecular weight excluding hydrogens is 325 g/mol. The zero-order valence-electron chi connectivity index (χ0n) is 14.1. The van der Waals surface area contributed by atoms with Crippen LogP contribution < -0.4 is 5.32 Å². The van der Waals surface area contributed by atoms with Crippen molar-refractivity contribution in [3.8, 4) is 0 Å². The van der Waals surface area contributed by atoms with Gasteiger partial charge in [-0.25, -0.2) is 4.39 Å². The summed E-state index contributed by atoms with van der Waals surface area (Å²) in [7, 11) is 1.87. The Morgan fingerprint density at radius 1 is 1.36 bits per heavy atom. The van der Waals surface area contributed by atoms with Gasteiger partial charge in [0.1, 0.15) is 11.5 Å². The van der Waals surface area contributed by atoms with E-state index in [1.807, 2.05) is 14.0 Å². The average molecular weight is 343 g/mol. The van der Waals surface area contributed by atoms with Crippen molar-refractivity contribution < 1.29 is 8.91 Å². The third-order valence-corrected chi connectivity index (χ3v) is 3.70. The highest BCUT2D eigenvalue weighted by Crippen LogP contribution is 2.19. The van der Waals surface area contributed by atoms with Crippen molar-refractivity contribution in [2.75, 3.05) is 7.05 Å². The van der Waals surface area contributed by atoms with Crippen molar-refractivity contribution >= 4 is 11.8 Å². The lowest BCUT2D eigenvalue weighted by molar-refractivity contribution is 0.394. The van der Waals surface area contributed by atoms with Gasteiger partial charge in [-0.2, -0.15) is 9.67 Å². The molecule has 0 aliphatic carbocycles. The number of nitrogens with zero attached hydrogens (tertiary/aromatic N) is 6. The number of aromatic nitrogens is 6. The molecule has 3 rings (SSSR count). The summed E-state index contributed by atoms with van der Waals surface area (Å²) in [5.41, 5.74) is 1.28. The summed E-state index contributed by atoms with van der Waals surface area (Å²) in [6.07, 6.45) is 2.39. The number of benzene rings is 1. The SMILES string of the molecule is CNC(C)Cc1noc(/C(=C/c2ccc(F)cc2)n2nnnc2C)n1. The van der Waals surface area contributed by atoms with E-state index >= 15 is 0 Å². The Morgan fingerprint density at radius 3 is 2.76 bits per heavy atom. The first-order valence-corrected chi connectivity index (χ1v) is 7.79. The minimum Gasteiger partial charge on any atom is -0.332 e. The topological polar surface area (TPSA) is 94.6 Å². The Labute approximate surface area is 143 Å². The van der Waals surface area contributed by atoms with E-state index in [0.717, 1.165) is 5.56 Å². The van der Waals surface area contributed by atoms with Crippen LogP contribution in [0.1, 0.15) is 30.0 Å². The number of hydrogen-bond donors (Lipinski definition) is 1. The van der Waals surface area contributed by atoms with Crippen LogP contribution in [0.5, 0.6) is 0 Å². The number of aryl methyl sites for hydroxylation is 1. The van der Waals surface area contributed by atoms with E-state index in [-0.39, 0.29) is 17.7 Å². The minimum atomic E-state index is -0.307. The molecule has 130 valence electrons. The molecule has 0 fully saturated rings. The smallest absolute Gasteiger partial charge is 0.276 e. The number of likely N-dealkylation sites (N-methyl/N-ethyl adjacent to an activating group) is 1. The Hall–Kier alpha value is -2.94. The predicted octanol–water partition coefficient (Wildman–Crippen LogP) is 1.70. The number of hydrogen-bond acceptors (Lipinski definition) is 7. The Kier molecular flexibility index (Phi) is 4.94. The van der Waals surface area contributed by atoms with Crippen LogP contribution >= 0.6 is 0 Å². The van der Waals surface area contributed by atoms with E-state index in [0.29, 0.717) is 23.8 Å². The largest absolute Gasteiger partial charge is 0.332 e. The summed E-state index contributed by atoms with van der Waals surface area (Å²) in [5, 5.41) is 18.6. The highest BCUT2D eigenvalue weighted by atomic mass is 19.1. The number of tetrazole rings is 1. The van der Waals surface area contributed by atoms with Crippen molar-refractivity contribution in [3.63, 3.8) is 0 Å². The lowest BCUT2D eigenvalue weighted by Gasteiger charge is -2.05. The van der Waals surface area contributed by atoms with Crippen LogP contribution in [0.15, 0.2) is 28.8 Å². The second kappa shape index (κ2) is 7.31. The van der Waals surface area contributed by atoms with Crippen molar-refractivity contribution in [1.29, 1.82) is 0 Å². The fourth-order valence-corrected chi connectivity index (χ4v) is 2.20. The minimum absolute atomic E-state index is 0.213. The number of halogens is 1. The average Bonchev–Trinajstić information content (AvgIpc) is 3.23. The van der Waals surface area contributed by atoms with Gasteiger partial charge in [-0.15, -0.1) is 5.10 Å². The van der Waals surface area contributed by atoms with Crippen LogP contribution in [0.3, 0.4) is 0 Å². The van der Waals surface area contributed by atoms with Gasteiger partial charge in [0, 0.05) is 12.5 Å². The lowest BCUT2D eigenvalue weighted by atomic mass is 10.2. The summed E-state index contributed by atoms with van der Waals surface area (Å²) >= 11 is 0. The fourth-order valence-electron chi connectivity index (χ4n) is 2.20. The van der Waals surface area contributed by atoms with Gasteiger partial charge in [0.2, 0.25) is 0 Å². The third-order valence-electron chi connectivity index (χ3n) is 3.70. The van der Waals surface area contributed by atoms with Crippen molar-refractivity contribution in [3.05, 3.63) is 53.2 Å². The molecule has 0 aliphatic rings. The summed E-state index contributed by atoms with van der Waals surface area (Å²) in [6.45, 7) is 3.79. The molecular formula is C16H18FN7O. The van der Waals surface area contributed by atoms with E-state index < -0.39 is 0 Å². The quantitative estimate of drug-likeness (QED) is 0.728. The maximum absolute atomic E-state index is 13.1. The Morgan fingerprint density at radius 2 is 2.12 bits per heavy atom. The van der Waals surface area contributed by atoms with Crippen LogP contribution in [0.4, 0.5) is 4.39 Å². The molecule has 1 aromatic carbocycles. The zero-order chi connectivity index (χ0) is 17.8. The lowest BCUT2D eigenvalue weighted by Crippen LogP contribution is -2.24. The van der Waals surface area contributed by atoms with E-state index in [9.17, 15) is 4.39 Å². The van der Waals surface area contributed by atoms with Gasteiger partial charge >= 0.3 is 0 Å². The molecule has 2 heterocycles. The van der Waals surface area contributed by atoms with Crippen LogP contribution in [0, 0.1) is 12.7 Å². The second-order valence-electron chi connectivity index (χ2n) is 5.63. The molecule has 0 radical (unpaired) electrons. The fraction of sp³-hybridized carbons (Fsp3) is 0.312. The van der Waals surface area contributed by atoms with Gasteiger partial charge in [-0.05, 0) is 55.1 Å². The molecule has 2 aromatic heterocycles. The van der Waals surface area contributed by atoms with Crippen molar-refractivity contribution in [2.24, 2.45) is 0 Å². The summed E-state index contributed by atoms with van der Waals surface area (Å²) in [4.78, 5) is 4.43. The summed E-state index contributed by atoms with van der Waals surface area (Å²) in [5.74, 6) is 1.13. The van der Waals surface area contributed by atoms with Gasteiger partial charge in [-0.1, -0.05) is 17.3 Å². The van der Waals surface area contributed by atoms with Gasteiger partial charge in [-0.3, -0.25) is 0 Å². The highest BCUT2D eigenvalue weighted by Gasteiger charge is 2.18. The van der Waals surface area contributed by atoms with Gasteiger partial charge in [0.05, 0.1) is 0 Å². The Balaban J connectivity index is 2.00. The summed E-state index contributed by atoms with van der Waals surface area (Å²) < 4.78 is 20.0. The predicted molar refractivity (Wildman–Crippen MR) is 88.7 cm³/mol. The molecule has 3 aromatic rings. The zero-order valence-corrected chi connectivity index (χ0v) is 14.1. The number of rotatable bonds is 6. The van der Waals surface area contributed by atoms with Crippen LogP contribution in [-0.4, -0.2) is 43.4 Å². The van der Waals surface area contributed by atoms with Gasteiger partial charge in [0.25, 0.3) is 5.89 Å².